The lowest BCUT2D eigenvalue weighted by Gasteiger charge is -2.40. The van der Waals surface area contributed by atoms with E-state index < -0.39 is 0 Å². The summed E-state index contributed by atoms with van der Waals surface area (Å²) in [5.41, 5.74) is 1.24. The minimum absolute atomic E-state index is 0.507. The van der Waals surface area contributed by atoms with Crippen LogP contribution in [0.4, 0.5) is 5.69 Å². The van der Waals surface area contributed by atoms with Crippen LogP contribution < -0.4 is 15.0 Å². The monoisotopic (exact) mass is 326 g/mol. The number of nitrogens with one attached hydrogen (secondary N) is 1. The standard InChI is InChI=1S/C15H23BrN2O/c1-4-5-13-10-18(11(2)9-17-13)14-6-12(16)7-15(8-14)19-3/h6-8,11,13,17H,4-5,9-10H2,1-3H3. The maximum atomic E-state index is 5.36. The molecule has 1 heterocycles. The summed E-state index contributed by atoms with van der Waals surface area (Å²) in [6.45, 7) is 6.61. The summed E-state index contributed by atoms with van der Waals surface area (Å²) in [7, 11) is 1.71. The average Bonchev–Trinajstić information content (AvgIpc) is 2.40. The zero-order valence-corrected chi connectivity index (χ0v) is 13.5. The van der Waals surface area contributed by atoms with Crippen LogP contribution in [0.25, 0.3) is 0 Å². The number of halogens is 1. The summed E-state index contributed by atoms with van der Waals surface area (Å²) in [5.74, 6) is 0.905. The van der Waals surface area contributed by atoms with Gasteiger partial charge in [0.15, 0.2) is 0 Å². The molecule has 0 spiro atoms. The van der Waals surface area contributed by atoms with Crippen molar-refractivity contribution in [1.82, 2.24) is 5.32 Å². The predicted octanol–water partition coefficient (Wildman–Crippen LogP) is 3.42. The van der Waals surface area contributed by atoms with Crippen LogP contribution in [-0.2, 0) is 0 Å². The van der Waals surface area contributed by atoms with Crippen molar-refractivity contribution in [2.75, 3.05) is 25.1 Å². The van der Waals surface area contributed by atoms with Crippen molar-refractivity contribution in [2.45, 2.75) is 38.8 Å². The predicted molar refractivity (Wildman–Crippen MR) is 84.2 cm³/mol. The zero-order valence-electron chi connectivity index (χ0n) is 11.9. The SMILES string of the molecule is CCCC1CN(c2cc(Br)cc(OC)c2)C(C)CN1. The molecule has 1 aliphatic rings. The summed E-state index contributed by atoms with van der Waals surface area (Å²) in [6.07, 6.45) is 2.45. The molecule has 0 amide bonds. The molecule has 0 bridgehead atoms. The molecule has 4 heteroatoms. The Balaban J connectivity index is 2.20. The molecule has 3 nitrogen and oxygen atoms in total. The highest BCUT2D eigenvalue weighted by Gasteiger charge is 2.25. The van der Waals surface area contributed by atoms with Crippen LogP contribution in [0.1, 0.15) is 26.7 Å². The van der Waals surface area contributed by atoms with Gasteiger partial charge in [-0.05, 0) is 25.5 Å². The Morgan fingerprint density at radius 2 is 2.21 bits per heavy atom. The van der Waals surface area contributed by atoms with Gasteiger partial charge in [0.2, 0.25) is 0 Å². The highest BCUT2D eigenvalue weighted by Crippen LogP contribution is 2.29. The molecule has 0 aliphatic carbocycles. The quantitative estimate of drug-likeness (QED) is 0.917. The number of ether oxygens (including phenoxy) is 1. The first kappa shape index (κ1) is 14.7. The third kappa shape index (κ3) is 3.63. The van der Waals surface area contributed by atoms with E-state index in [1.165, 1.54) is 18.5 Å². The van der Waals surface area contributed by atoms with E-state index in [-0.39, 0.29) is 0 Å². The van der Waals surface area contributed by atoms with Gasteiger partial charge in [0.1, 0.15) is 5.75 Å². The Labute approximate surface area is 124 Å². The molecule has 2 atom stereocenters. The second-order valence-corrected chi connectivity index (χ2v) is 6.16. The molecule has 2 unspecified atom stereocenters. The van der Waals surface area contributed by atoms with Crippen LogP contribution in [0.15, 0.2) is 22.7 Å². The molecule has 1 aromatic carbocycles. The molecule has 19 heavy (non-hydrogen) atoms. The number of hydrogen-bond acceptors (Lipinski definition) is 3. The van der Waals surface area contributed by atoms with Crippen LogP contribution in [0.5, 0.6) is 5.75 Å². The van der Waals surface area contributed by atoms with Crippen LogP contribution in [0.3, 0.4) is 0 Å². The van der Waals surface area contributed by atoms with Crippen molar-refractivity contribution in [1.29, 1.82) is 0 Å². The molecular weight excluding hydrogens is 304 g/mol. The van der Waals surface area contributed by atoms with Gasteiger partial charge < -0.3 is 15.0 Å². The molecule has 1 aromatic rings. The van der Waals surface area contributed by atoms with E-state index in [0.29, 0.717) is 12.1 Å². The number of nitrogens with zero attached hydrogens (tertiary/aromatic N) is 1. The second kappa shape index (κ2) is 6.62. The maximum absolute atomic E-state index is 5.36. The number of hydrogen-bond donors (Lipinski definition) is 1. The van der Waals surface area contributed by atoms with Crippen LogP contribution in [0.2, 0.25) is 0 Å². The van der Waals surface area contributed by atoms with Crippen molar-refractivity contribution in [3.05, 3.63) is 22.7 Å². The molecule has 0 radical (unpaired) electrons. The maximum Gasteiger partial charge on any atom is 0.122 e. The Morgan fingerprint density at radius 3 is 2.89 bits per heavy atom. The van der Waals surface area contributed by atoms with Gasteiger partial charge in [-0.15, -0.1) is 0 Å². The zero-order chi connectivity index (χ0) is 13.8. The number of benzene rings is 1. The third-order valence-electron chi connectivity index (χ3n) is 3.71. The molecule has 1 N–H and O–H groups in total. The minimum Gasteiger partial charge on any atom is -0.497 e. The van der Waals surface area contributed by atoms with Crippen molar-refractivity contribution in [3.63, 3.8) is 0 Å². The third-order valence-corrected chi connectivity index (χ3v) is 4.17. The topological polar surface area (TPSA) is 24.5 Å². The smallest absolute Gasteiger partial charge is 0.122 e. The van der Waals surface area contributed by atoms with Crippen molar-refractivity contribution < 1.29 is 4.74 Å². The van der Waals surface area contributed by atoms with E-state index in [2.05, 4.69) is 52.1 Å². The summed E-state index contributed by atoms with van der Waals surface area (Å²) < 4.78 is 6.43. The summed E-state index contributed by atoms with van der Waals surface area (Å²) in [6, 6.07) is 7.39. The lowest BCUT2D eigenvalue weighted by atomic mass is 10.0. The van der Waals surface area contributed by atoms with Gasteiger partial charge in [-0.3, -0.25) is 0 Å². The number of methoxy groups -OCH3 is 1. The minimum atomic E-state index is 0.507. The number of rotatable bonds is 4. The van der Waals surface area contributed by atoms with Gasteiger partial charge in [-0.2, -0.15) is 0 Å². The fourth-order valence-corrected chi connectivity index (χ4v) is 3.12. The van der Waals surface area contributed by atoms with E-state index >= 15 is 0 Å². The molecule has 106 valence electrons. The fourth-order valence-electron chi connectivity index (χ4n) is 2.66. The van der Waals surface area contributed by atoms with Gasteiger partial charge in [0, 0.05) is 41.4 Å². The van der Waals surface area contributed by atoms with E-state index in [0.717, 1.165) is 23.3 Å². The summed E-state index contributed by atoms with van der Waals surface area (Å²) in [4.78, 5) is 2.48. The number of piperazine rings is 1. The van der Waals surface area contributed by atoms with E-state index in [1.807, 2.05) is 6.07 Å². The van der Waals surface area contributed by atoms with E-state index in [4.69, 9.17) is 4.74 Å². The molecule has 0 saturated carbocycles. The Bertz CT molecular complexity index is 425. The second-order valence-electron chi connectivity index (χ2n) is 5.24. The van der Waals surface area contributed by atoms with Gasteiger partial charge in [0.25, 0.3) is 0 Å². The summed E-state index contributed by atoms with van der Waals surface area (Å²) >= 11 is 3.56. The molecular formula is C15H23BrN2O. The highest BCUT2D eigenvalue weighted by atomic mass is 79.9. The van der Waals surface area contributed by atoms with Crippen LogP contribution >= 0.6 is 15.9 Å². The first-order valence-corrected chi connectivity index (χ1v) is 7.78. The van der Waals surface area contributed by atoms with Gasteiger partial charge in [-0.1, -0.05) is 29.3 Å². The molecule has 1 aliphatic heterocycles. The van der Waals surface area contributed by atoms with E-state index in [9.17, 15) is 0 Å². The molecule has 0 aromatic heterocycles. The Kier molecular flexibility index (Phi) is 5.11. The largest absolute Gasteiger partial charge is 0.497 e. The molecule has 1 saturated heterocycles. The van der Waals surface area contributed by atoms with Crippen molar-refractivity contribution in [2.24, 2.45) is 0 Å². The first-order chi connectivity index (χ1) is 9.13. The normalized spacial score (nSPS) is 23.5. The van der Waals surface area contributed by atoms with Gasteiger partial charge in [0.05, 0.1) is 7.11 Å². The Hall–Kier alpha value is -0.740. The first-order valence-electron chi connectivity index (χ1n) is 6.98. The lowest BCUT2D eigenvalue weighted by Crippen LogP contribution is -2.55. The molecule has 2 rings (SSSR count). The number of anilines is 1. The Morgan fingerprint density at radius 1 is 1.42 bits per heavy atom. The summed E-state index contributed by atoms with van der Waals surface area (Å²) in [5, 5.41) is 3.63. The van der Waals surface area contributed by atoms with Crippen LogP contribution in [-0.4, -0.2) is 32.3 Å². The van der Waals surface area contributed by atoms with Gasteiger partial charge in [-0.25, -0.2) is 0 Å². The van der Waals surface area contributed by atoms with Gasteiger partial charge >= 0.3 is 0 Å². The lowest BCUT2D eigenvalue weighted by molar-refractivity contribution is 0.384. The van der Waals surface area contributed by atoms with E-state index in [1.54, 1.807) is 7.11 Å². The average molecular weight is 327 g/mol. The highest BCUT2D eigenvalue weighted by molar-refractivity contribution is 9.10. The van der Waals surface area contributed by atoms with Crippen LogP contribution in [0, 0.1) is 0 Å². The van der Waals surface area contributed by atoms with Crippen molar-refractivity contribution >= 4 is 21.6 Å². The fraction of sp³-hybridized carbons (Fsp3) is 0.600. The molecule has 1 fully saturated rings. The van der Waals surface area contributed by atoms with Crippen molar-refractivity contribution in [3.8, 4) is 5.75 Å².